The number of carbonyl (C=O) groups is 2. The molecule has 0 saturated carbocycles. The number of carboxylic acid groups (broad SMARTS) is 1. The first kappa shape index (κ1) is 24.5. The molecule has 0 spiro atoms. The van der Waals surface area contributed by atoms with Crippen LogP contribution in [0.3, 0.4) is 0 Å². The lowest BCUT2D eigenvalue weighted by Gasteiger charge is -2.16. The Kier molecular flexibility index (Phi) is 7.34. The van der Waals surface area contributed by atoms with Crippen LogP contribution in [0.5, 0.6) is 11.6 Å². The van der Waals surface area contributed by atoms with Gasteiger partial charge in [-0.05, 0) is 42.3 Å². The summed E-state index contributed by atoms with van der Waals surface area (Å²) in [5.74, 6) is -2.29. The highest BCUT2D eigenvalue weighted by atomic mass is 19.3. The van der Waals surface area contributed by atoms with Crippen molar-refractivity contribution in [3.05, 3.63) is 82.6 Å². The lowest BCUT2D eigenvalue weighted by atomic mass is 10.1. The van der Waals surface area contributed by atoms with Gasteiger partial charge in [0.05, 0.1) is 11.6 Å². The fraction of sp³-hybridized carbons (Fsp3) is 0.174. The molecule has 2 aromatic carbocycles. The van der Waals surface area contributed by atoms with E-state index in [0.29, 0.717) is 11.6 Å². The maximum Gasteiger partial charge on any atom is 0.335 e. The molecule has 0 bridgehead atoms. The van der Waals surface area contributed by atoms with Gasteiger partial charge >= 0.3 is 5.97 Å². The molecule has 7 nitrogen and oxygen atoms in total. The van der Waals surface area contributed by atoms with Crippen LogP contribution in [0, 0.1) is 0 Å². The fourth-order valence-corrected chi connectivity index (χ4v) is 3.18. The van der Waals surface area contributed by atoms with Crippen LogP contribution in [0.2, 0.25) is 0 Å². The third-order valence-electron chi connectivity index (χ3n) is 4.81. The molecule has 0 radical (unpaired) electrons. The van der Waals surface area contributed by atoms with Crippen molar-refractivity contribution in [2.45, 2.75) is 19.4 Å². The molecule has 1 heterocycles. The standard InChI is InChI=1S/C23H19F4N3O4/c1-12(14-6-8-15(9-7-14)23(32)33)28-21(31)18-19(20(26)27)29-30(2)22(18)34-16-5-3-4-13(10-16)11-17(24)25/h3-12,20H,1-2H3,(H,28,31)(H,32,33)/t12-/m0/s1. The molecular formula is C23H19F4N3O4. The largest absolute Gasteiger partial charge is 0.478 e. The minimum atomic E-state index is -3.09. The van der Waals surface area contributed by atoms with Crippen molar-refractivity contribution in [2.75, 3.05) is 0 Å². The lowest BCUT2D eigenvalue weighted by Crippen LogP contribution is -2.27. The summed E-state index contributed by atoms with van der Waals surface area (Å²) >= 11 is 0. The summed E-state index contributed by atoms with van der Waals surface area (Å²) in [6.07, 6.45) is -4.42. The number of alkyl halides is 2. The van der Waals surface area contributed by atoms with Crippen molar-refractivity contribution in [2.24, 2.45) is 7.05 Å². The van der Waals surface area contributed by atoms with Gasteiger partial charge in [-0.2, -0.15) is 13.9 Å². The number of hydrogen-bond acceptors (Lipinski definition) is 4. The van der Waals surface area contributed by atoms with E-state index in [4.69, 9.17) is 9.84 Å². The molecule has 0 aliphatic heterocycles. The number of benzene rings is 2. The highest BCUT2D eigenvalue weighted by Gasteiger charge is 2.30. The van der Waals surface area contributed by atoms with E-state index in [9.17, 15) is 27.2 Å². The van der Waals surface area contributed by atoms with Crippen LogP contribution < -0.4 is 10.1 Å². The zero-order valence-electron chi connectivity index (χ0n) is 17.9. The predicted molar refractivity (Wildman–Crippen MR) is 114 cm³/mol. The van der Waals surface area contributed by atoms with Crippen LogP contribution in [0.1, 0.15) is 56.9 Å². The molecule has 0 saturated heterocycles. The monoisotopic (exact) mass is 477 g/mol. The smallest absolute Gasteiger partial charge is 0.335 e. The van der Waals surface area contributed by atoms with Crippen molar-refractivity contribution < 1.29 is 37.0 Å². The van der Waals surface area contributed by atoms with Gasteiger partial charge in [-0.3, -0.25) is 4.79 Å². The zero-order chi connectivity index (χ0) is 25.0. The van der Waals surface area contributed by atoms with Crippen LogP contribution in [-0.4, -0.2) is 26.8 Å². The summed E-state index contributed by atoms with van der Waals surface area (Å²) in [4.78, 5) is 24.0. The Morgan fingerprint density at radius 2 is 1.82 bits per heavy atom. The molecule has 0 fully saturated rings. The average Bonchev–Trinajstić information content (AvgIpc) is 3.10. The second-order valence-corrected chi connectivity index (χ2v) is 7.22. The van der Waals surface area contributed by atoms with Crippen molar-refractivity contribution in [3.63, 3.8) is 0 Å². The molecule has 3 rings (SSSR count). The summed E-state index contributed by atoms with van der Waals surface area (Å²) < 4.78 is 59.0. The van der Waals surface area contributed by atoms with E-state index in [0.717, 1.165) is 4.68 Å². The average molecular weight is 477 g/mol. The number of carboxylic acids is 1. The van der Waals surface area contributed by atoms with Crippen molar-refractivity contribution in [1.82, 2.24) is 15.1 Å². The van der Waals surface area contributed by atoms with Crippen LogP contribution in [0.15, 0.2) is 54.6 Å². The van der Waals surface area contributed by atoms with Gasteiger partial charge in [0.25, 0.3) is 18.4 Å². The quantitative estimate of drug-likeness (QED) is 0.414. The van der Waals surface area contributed by atoms with Crippen molar-refractivity contribution in [3.8, 4) is 11.6 Å². The molecule has 1 amide bonds. The van der Waals surface area contributed by atoms with Gasteiger partial charge in [0.1, 0.15) is 17.0 Å². The first-order valence-electron chi connectivity index (χ1n) is 9.86. The van der Waals surface area contributed by atoms with E-state index in [1.165, 1.54) is 55.6 Å². The Balaban J connectivity index is 1.91. The Morgan fingerprint density at radius 1 is 1.15 bits per heavy atom. The molecular weight excluding hydrogens is 458 g/mol. The molecule has 1 aromatic heterocycles. The van der Waals surface area contributed by atoms with E-state index in [1.807, 2.05) is 0 Å². The summed E-state index contributed by atoms with van der Waals surface area (Å²) in [6, 6.07) is 10.5. The summed E-state index contributed by atoms with van der Waals surface area (Å²) in [6.45, 7) is 1.59. The molecule has 34 heavy (non-hydrogen) atoms. The number of carbonyl (C=O) groups excluding carboxylic acids is 1. The van der Waals surface area contributed by atoms with Crippen LogP contribution in [-0.2, 0) is 7.05 Å². The third kappa shape index (κ3) is 5.61. The summed E-state index contributed by atoms with van der Waals surface area (Å²) in [5.41, 5.74) is -0.623. The number of halogens is 4. The van der Waals surface area contributed by atoms with Gasteiger partial charge in [-0.15, -0.1) is 0 Å². The van der Waals surface area contributed by atoms with Gasteiger partial charge in [-0.25, -0.2) is 18.3 Å². The Bertz CT molecular complexity index is 1240. The Hall–Kier alpha value is -4.15. The number of aromatic nitrogens is 2. The third-order valence-corrected chi connectivity index (χ3v) is 4.81. The number of hydrogen-bond donors (Lipinski definition) is 2. The van der Waals surface area contributed by atoms with Crippen molar-refractivity contribution in [1.29, 1.82) is 0 Å². The first-order chi connectivity index (χ1) is 16.1. The number of amides is 1. The van der Waals surface area contributed by atoms with Crippen molar-refractivity contribution >= 4 is 18.0 Å². The number of nitrogens with one attached hydrogen (secondary N) is 1. The second-order valence-electron chi connectivity index (χ2n) is 7.22. The number of ether oxygens (including phenoxy) is 1. The minimum Gasteiger partial charge on any atom is -0.478 e. The normalized spacial score (nSPS) is 11.7. The maximum atomic E-state index is 13.6. The topological polar surface area (TPSA) is 93.5 Å². The van der Waals surface area contributed by atoms with Gasteiger partial charge in [-0.1, -0.05) is 24.3 Å². The van der Waals surface area contributed by atoms with Gasteiger partial charge in [0, 0.05) is 13.1 Å². The van der Waals surface area contributed by atoms with E-state index in [-0.39, 0.29) is 22.8 Å². The Labute approximate surface area is 191 Å². The fourth-order valence-electron chi connectivity index (χ4n) is 3.18. The van der Waals surface area contributed by atoms with Gasteiger partial charge in [0.2, 0.25) is 5.88 Å². The number of aromatic carboxylic acids is 1. The lowest BCUT2D eigenvalue weighted by molar-refractivity contribution is 0.0696. The van der Waals surface area contributed by atoms with Crippen LogP contribution in [0.25, 0.3) is 6.08 Å². The molecule has 2 N–H and O–H groups in total. The molecule has 11 heteroatoms. The van der Waals surface area contributed by atoms with E-state index in [1.54, 1.807) is 6.92 Å². The number of nitrogens with zero attached hydrogens (tertiary/aromatic N) is 2. The maximum absolute atomic E-state index is 13.6. The second kappa shape index (κ2) is 10.2. The molecule has 3 aromatic rings. The molecule has 0 aliphatic rings. The van der Waals surface area contributed by atoms with E-state index >= 15 is 0 Å². The van der Waals surface area contributed by atoms with Gasteiger partial charge < -0.3 is 15.2 Å². The van der Waals surface area contributed by atoms with Crippen LogP contribution >= 0.6 is 0 Å². The highest BCUT2D eigenvalue weighted by molar-refractivity contribution is 5.98. The first-order valence-corrected chi connectivity index (χ1v) is 9.86. The molecule has 0 unspecified atom stereocenters. The number of aryl methyl sites for hydroxylation is 1. The molecule has 1 atom stereocenters. The predicted octanol–water partition coefficient (Wildman–Crippen LogP) is 5.58. The minimum absolute atomic E-state index is 0.0326. The number of rotatable bonds is 8. The van der Waals surface area contributed by atoms with Gasteiger partial charge in [0.15, 0.2) is 0 Å². The summed E-state index contributed by atoms with van der Waals surface area (Å²) in [5, 5.41) is 15.3. The summed E-state index contributed by atoms with van der Waals surface area (Å²) in [7, 11) is 1.30. The zero-order valence-corrected chi connectivity index (χ0v) is 17.9. The molecule has 178 valence electrons. The van der Waals surface area contributed by atoms with Crippen LogP contribution in [0.4, 0.5) is 17.6 Å². The molecule has 0 aliphatic carbocycles. The van der Waals surface area contributed by atoms with E-state index < -0.39 is 41.7 Å². The highest BCUT2D eigenvalue weighted by Crippen LogP contribution is 2.33. The Morgan fingerprint density at radius 3 is 2.41 bits per heavy atom. The van der Waals surface area contributed by atoms with E-state index in [2.05, 4.69) is 10.4 Å². The SMILES string of the molecule is C[C@H](NC(=O)c1c(C(F)F)nn(C)c1Oc1cccc(C=C(F)F)c1)c1ccc(C(=O)O)cc1.